The third-order valence-corrected chi connectivity index (χ3v) is 5.27. The van der Waals surface area contributed by atoms with Crippen LogP contribution in [0.5, 0.6) is 0 Å². The summed E-state index contributed by atoms with van der Waals surface area (Å²) in [6.07, 6.45) is 8.55. The molecule has 0 radical (unpaired) electrons. The second-order valence-corrected chi connectivity index (χ2v) is 7.34. The van der Waals surface area contributed by atoms with Gasteiger partial charge in [-0.25, -0.2) is 9.97 Å². The van der Waals surface area contributed by atoms with E-state index in [1.165, 1.54) is 31.5 Å². The Balaban J connectivity index is 1.51. The average molecular weight is 331 g/mol. The van der Waals surface area contributed by atoms with E-state index >= 15 is 0 Å². The van der Waals surface area contributed by atoms with Crippen molar-refractivity contribution in [3.63, 3.8) is 0 Å². The van der Waals surface area contributed by atoms with Gasteiger partial charge in [0.2, 0.25) is 0 Å². The maximum absolute atomic E-state index is 4.59. The Morgan fingerprint density at radius 2 is 2.13 bits per heavy atom. The molecule has 3 heterocycles. The van der Waals surface area contributed by atoms with E-state index in [0.717, 1.165) is 36.0 Å². The fourth-order valence-corrected chi connectivity index (χ4v) is 3.79. The molecule has 0 bridgehead atoms. The maximum atomic E-state index is 4.59. The number of hydrogen-bond acceptors (Lipinski definition) is 6. The van der Waals surface area contributed by atoms with Gasteiger partial charge in [0, 0.05) is 19.0 Å². The minimum absolute atomic E-state index is 0.715. The Kier molecular flexibility index (Phi) is 5.56. The van der Waals surface area contributed by atoms with Crippen molar-refractivity contribution < 1.29 is 0 Å². The lowest BCUT2D eigenvalue weighted by molar-refractivity contribution is 0.269. The van der Waals surface area contributed by atoms with E-state index in [1.807, 2.05) is 19.4 Å². The van der Waals surface area contributed by atoms with Crippen molar-refractivity contribution >= 4 is 17.2 Å². The summed E-state index contributed by atoms with van der Waals surface area (Å²) in [6.45, 7) is 5.40. The molecule has 0 saturated carbocycles. The van der Waals surface area contributed by atoms with Crippen LogP contribution in [-0.4, -0.2) is 40.0 Å². The molecule has 2 aromatic heterocycles. The van der Waals surface area contributed by atoms with E-state index in [-0.39, 0.29) is 0 Å². The Morgan fingerprint density at radius 3 is 2.83 bits per heavy atom. The van der Waals surface area contributed by atoms with Gasteiger partial charge in [-0.3, -0.25) is 9.88 Å². The number of thiazole rings is 1. The second-order valence-electron chi connectivity index (χ2n) is 6.28. The zero-order valence-electron chi connectivity index (χ0n) is 14.0. The predicted molar refractivity (Wildman–Crippen MR) is 94.8 cm³/mol. The highest BCUT2D eigenvalue weighted by Gasteiger charge is 2.18. The lowest BCUT2D eigenvalue weighted by atomic mass is 9.95. The molecule has 23 heavy (non-hydrogen) atoms. The molecule has 5 nitrogen and oxygen atoms in total. The summed E-state index contributed by atoms with van der Waals surface area (Å²) in [4.78, 5) is 16.0. The Hall–Kier alpha value is -1.53. The molecule has 0 aromatic carbocycles. The standard InChI is InChI=1S/C17H25N5S/c1-13-21-16(12-23-13)11-22-6-3-4-14(5-7-22)8-15-9-20-17(18-2)10-19-15/h9-10,12,14H,3-8,11H2,1-2H3,(H,18,20). The number of nitrogens with zero attached hydrogens (tertiary/aromatic N) is 4. The number of hydrogen-bond donors (Lipinski definition) is 1. The van der Waals surface area contributed by atoms with Crippen molar-refractivity contribution in [2.24, 2.45) is 5.92 Å². The quantitative estimate of drug-likeness (QED) is 0.912. The van der Waals surface area contributed by atoms with Crippen LogP contribution in [0.15, 0.2) is 17.8 Å². The Bertz CT molecular complexity index is 610. The van der Waals surface area contributed by atoms with Gasteiger partial charge in [-0.15, -0.1) is 11.3 Å². The molecule has 6 heteroatoms. The van der Waals surface area contributed by atoms with Gasteiger partial charge in [-0.05, 0) is 51.6 Å². The van der Waals surface area contributed by atoms with Gasteiger partial charge in [0.15, 0.2) is 0 Å². The van der Waals surface area contributed by atoms with Crippen LogP contribution in [0.1, 0.15) is 35.7 Å². The molecule has 1 atom stereocenters. The lowest BCUT2D eigenvalue weighted by Crippen LogP contribution is -2.24. The Morgan fingerprint density at radius 1 is 1.22 bits per heavy atom. The highest BCUT2D eigenvalue weighted by molar-refractivity contribution is 7.09. The third kappa shape index (κ3) is 4.72. The molecule has 0 amide bonds. The van der Waals surface area contributed by atoms with Crippen molar-refractivity contribution in [1.29, 1.82) is 0 Å². The van der Waals surface area contributed by atoms with Crippen LogP contribution in [0.2, 0.25) is 0 Å². The summed E-state index contributed by atoms with van der Waals surface area (Å²) in [5, 5.41) is 6.37. The smallest absolute Gasteiger partial charge is 0.144 e. The summed E-state index contributed by atoms with van der Waals surface area (Å²) in [5.41, 5.74) is 2.33. The van der Waals surface area contributed by atoms with E-state index in [0.29, 0.717) is 5.92 Å². The molecule has 3 rings (SSSR count). The van der Waals surface area contributed by atoms with Crippen molar-refractivity contribution in [3.8, 4) is 0 Å². The first-order valence-corrected chi connectivity index (χ1v) is 9.23. The molecule has 0 aliphatic carbocycles. The first-order valence-electron chi connectivity index (χ1n) is 8.35. The number of nitrogens with one attached hydrogen (secondary N) is 1. The van der Waals surface area contributed by atoms with Crippen LogP contribution in [0, 0.1) is 12.8 Å². The minimum atomic E-state index is 0.715. The second kappa shape index (κ2) is 7.84. The van der Waals surface area contributed by atoms with Crippen LogP contribution in [0.4, 0.5) is 5.82 Å². The van der Waals surface area contributed by atoms with Crippen LogP contribution >= 0.6 is 11.3 Å². The predicted octanol–water partition coefficient (Wildman–Crippen LogP) is 3.13. The van der Waals surface area contributed by atoms with Gasteiger partial charge in [0.05, 0.1) is 28.8 Å². The lowest BCUT2D eigenvalue weighted by Gasteiger charge is -2.19. The first-order chi connectivity index (χ1) is 11.2. The van der Waals surface area contributed by atoms with Crippen molar-refractivity contribution in [2.75, 3.05) is 25.5 Å². The molecule has 1 unspecified atom stereocenters. The number of rotatable bonds is 5. The molecule has 1 saturated heterocycles. The van der Waals surface area contributed by atoms with E-state index in [2.05, 4.69) is 37.5 Å². The van der Waals surface area contributed by atoms with E-state index in [9.17, 15) is 0 Å². The highest BCUT2D eigenvalue weighted by atomic mass is 32.1. The molecular weight excluding hydrogens is 306 g/mol. The normalized spacial score (nSPS) is 19.5. The van der Waals surface area contributed by atoms with E-state index in [4.69, 9.17) is 0 Å². The van der Waals surface area contributed by atoms with Crippen LogP contribution in [-0.2, 0) is 13.0 Å². The SMILES string of the molecule is CNc1cnc(CC2CCCN(Cc3csc(C)n3)CC2)cn1. The molecule has 2 aromatic rings. The van der Waals surface area contributed by atoms with Crippen LogP contribution in [0.25, 0.3) is 0 Å². The number of aryl methyl sites for hydroxylation is 1. The van der Waals surface area contributed by atoms with Crippen molar-refractivity contribution in [2.45, 2.75) is 39.2 Å². The monoisotopic (exact) mass is 331 g/mol. The van der Waals surface area contributed by atoms with E-state index in [1.54, 1.807) is 11.3 Å². The fourth-order valence-electron chi connectivity index (χ4n) is 3.18. The highest BCUT2D eigenvalue weighted by Crippen LogP contribution is 2.22. The van der Waals surface area contributed by atoms with Crippen molar-refractivity contribution in [1.82, 2.24) is 19.9 Å². The number of aromatic nitrogens is 3. The molecule has 124 valence electrons. The van der Waals surface area contributed by atoms with Gasteiger partial charge < -0.3 is 5.32 Å². The minimum Gasteiger partial charge on any atom is -0.372 e. The summed E-state index contributed by atoms with van der Waals surface area (Å²) in [6, 6.07) is 0. The van der Waals surface area contributed by atoms with Gasteiger partial charge in [-0.1, -0.05) is 0 Å². The van der Waals surface area contributed by atoms with Crippen LogP contribution in [0.3, 0.4) is 0 Å². The topological polar surface area (TPSA) is 53.9 Å². The number of anilines is 1. The Labute approximate surface area is 142 Å². The third-order valence-electron chi connectivity index (χ3n) is 4.45. The molecule has 0 spiro atoms. The van der Waals surface area contributed by atoms with Crippen LogP contribution < -0.4 is 5.32 Å². The summed E-state index contributed by atoms with van der Waals surface area (Å²) in [5.74, 6) is 1.55. The fraction of sp³-hybridized carbons (Fsp3) is 0.588. The molecular formula is C17H25N5S. The summed E-state index contributed by atoms with van der Waals surface area (Å²) >= 11 is 1.75. The van der Waals surface area contributed by atoms with Gasteiger partial charge >= 0.3 is 0 Å². The first kappa shape index (κ1) is 16.3. The van der Waals surface area contributed by atoms with Gasteiger partial charge in [-0.2, -0.15) is 0 Å². The largest absolute Gasteiger partial charge is 0.372 e. The summed E-state index contributed by atoms with van der Waals surface area (Å²) < 4.78 is 0. The maximum Gasteiger partial charge on any atom is 0.144 e. The van der Waals surface area contributed by atoms with E-state index < -0.39 is 0 Å². The van der Waals surface area contributed by atoms with Crippen molar-refractivity contribution in [3.05, 3.63) is 34.2 Å². The number of likely N-dealkylation sites (tertiary alicyclic amines) is 1. The average Bonchev–Trinajstić information content (AvgIpc) is 2.84. The summed E-state index contributed by atoms with van der Waals surface area (Å²) in [7, 11) is 1.87. The molecule has 1 N–H and O–H groups in total. The molecule has 1 fully saturated rings. The zero-order valence-corrected chi connectivity index (χ0v) is 14.8. The molecule has 1 aliphatic heterocycles. The zero-order chi connectivity index (χ0) is 16.1. The van der Waals surface area contributed by atoms with Gasteiger partial charge in [0.25, 0.3) is 0 Å². The molecule has 1 aliphatic rings. The van der Waals surface area contributed by atoms with Gasteiger partial charge in [0.1, 0.15) is 5.82 Å².